The van der Waals surface area contributed by atoms with Crippen LogP contribution in [0, 0.1) is 0 Å². The molecule has 0 saturated carbocycles. The van der Waals surface area contributed by atoms with E-state index in [-0.39, 0.29) is 29.6 Å². The second kappa shape index (κ2) is 7.50. The maximum absolute atomic E-state index is 6.17. The van der Waals surface area contributed by atoms with Gasteiger partial charge in [0.15, 0.2) is 0 Å². The zero-order chi connectivity index (χ0) is 14.1. The van der Waals surface area contributed by atoms with Crippen molar-refractivity contribution in [3.8, 4) is 0 Å². The van der Waals surface area contributed by atoms with E-state index in [4.69, 9.17) is 23.2 Å². The Morgan fingerprint density at radius 2 is 1.67 bits per heavy atom. The normalized spacial score (nSPS) is 20.5. The van der Waals surface area contributed by atoms with Crippen LogP contribution < -0.4 is 5.32 Å². The second-order valence-corrected chi connectivity index (χ2v) is 6.09. The minimum atomic E-state index is 0. The molecule has 0 aromatic heterocycles. The van der Waals surface area contributed by atoms with E-state index in [9.17, 15) is 0 Å². The Morgan fingerprint density at radius 1 is 0.952 bits per heavy atom. The number of rotatable bonds is 2. The molecule has 0 spiro atoms. The van der Waals surface area contributed by atoms with Gasteiger partial charge in [0.25, 0.3) is 0 Å². The van der Waals surface area contributed by atoms with Crippen LogP contribution in [0.1, 0.15) is 41.5 Å². The Morgan fingerprint density at radius 3 is 2.33 bits per heavy atom. The molecular weight excluding hydrogens is 312 g/mol. The molecule has 0 aliphatic heterocycles. The average molecular weight is 330 g/mol. The fourth-order valence-corrected chi connectivity index (χ4v) is 3.47. The first-order chi connectivity index (χ1) is 9.70. The summed E-state index contributed by atoms with van der Waals surface area (Å²) in [7, 11) is 2.03. The van der Waals surface area contributed by atoms with Crippen molar-refractivity contribution in [2.45, 2.75) is 24.8 Å². The molecule has 2 aromatic carbocycles. The number of hydrogen-bond donors (Lipinski definition) is 1. The topological polar surface area (TPSA) is 12.0 Å². The summed E-state index contributed by atoms with van der Waals surface area (Å²) in [4.78, 5) is 0. The van der Waals surface area contributed by atoms with Gasteiger partial charge < -0.3 is 5.32 Å². The maximum atomic E-state index is 6.17. The predicted molar refractivity (Wildman–Crippen MR) is 92.9 cm³/mol. The van der Waals surface area contributed by atoms with Gasteiger partial charge in [0.05, 0.1) is 10.0 Å². The average Bonchev–Trinajstić information content (AvgIpc) is 2.49. The van der Waals surface area contributed by atoms with Gasteiger partial charge in [-0.2, -0.15) is 0 Å². The van der Waals surface area contributed by atoms with Crippen LogP contribution in [-0.4, -0.2) is 36.6 Å². The molecule has 1 nitrogen and oxygen atoms in total. The number of halogens is 2. The summed E-state index contributed by atoms with van der Waals surface area (Å²) in [6.07, 6.45) is 2.26. The molecule has 0 saturated heterocycles. The summed E-state index contributed by atoms with van der Waals surface area (Å²) < 4.78 is 0. The summed E-state index contributed by atoms with van der Waals surface area (Å²) in [6.45, 7) is 0. The minimum absolute atomic E-state index is 0. The Labute approximate surface area is 158 Å². The van der Waals surface area contributed by atoms with E-state index in [0.717, 1.165) is 12.8 Å². The van der Waals surface area contributed by atoms with Crippen molar-refractivity contribution in [3.63, 3.8) is 0 Å². The zero-order valence-corrected chi connectivity index (χ0v) is 12.9. The third-order valence-electron chi connectivity index (χ3n) is 4.19. The molecule has 106 valence electrons. The monoisotopic (exact) mass is 329 g/mol. The molecule has 21 heavy (non-hydrogen) atoms. The molecule has 1 aliphatic carbocycles. The van der Waals surface area contributed by atoms with Gasteiger partial charge in [-0.15, -0.1) is 0 Å². The summed E-state index contributed by atoms with van der Waals surface area (Å²) in [6, 6.07) is 15.1. The molecule has 0 fully saturated rings. The summed E-state index contributed by atoms with van der Waals surface area (Å²) in [5, 5.41) is 4.66. The van der Waals surface area contributed by atoms with Crippen LogP contribution in [0.25, 0.3) is 0 Å². The molecule has 4 heteroatoms. The van der Waals surface area contributed by atoms with E-state index in [1.54, 1.807) is 0 Å². The van der Waals surface area contributed by atoms with Gasteiger partial charge in [-0.3, -0.25) is 0 Å². The molecule has 0 radical (unpaired) electrons. The van der Waals surface area contributed by atoms with Crippen molar-refractivity contribution in [1.82, 2.24) is 5.32 Å². The number of benzene rings is 2. The molecule has 0 unspecified atom stereocenters. The van der Waals surface area contributed by atoms with Crippen molar-refractivity contribution in [3.05, 3.63) is 69.2 Å². The second-order valence-electron chi connectivity index (χ2n) is 5.27. The molecule has 0 amide bonds. The van der Waals surface area contributed by atoms with E-state index in [1.165, 1.54) is 16.7 Å². The first kappa shape index (κ1) is 17.3. The predicted octanol–water partition coefficient (Wildman–Crippen LogP) is 4.53. The Kier molecular flexibility index (Phi) is 6.19. The molecule has 1 aliphatic rings. The third kappa shape index (κ3) is 3.50. The Bertz CT molecular complexity index is 630. The van der Waals surface area contributed by atoms with Gasteiger partial charge in [-0.05, 0) is 48.7 Å². The van der Waals surface area contributed by atoms with Crippen LogP contribution in [-0.2, 0) is 0 Å². The van der Waals surface area contributed by atoms with E-state index in [0.29, 0.717) is 22.0 Å². The van der Waals surface area contributed by atoms with Gasteiger partial charge in [-0.1, -0.05) is 53.5 Å². The van der Waals surface area contributed by atoms with E-state index < -0.39 is 0 Å². The van der Waals surface area contributed by atoms with Crippen LogP contribution in [0.3, 0.4) is 0 Å². The van der Waals surface area contributed by atoms with E-state index in [1.807, 2.05) is 19.2 Å². The van der Waals surface area contributed by atoms with Crippen molar-refractivity contribution in [2.24, 2.45) is 0 Å². The fourth-order valence-electron chi connectivity index (χ4n) is 3.17. The van der Waals surface area contributed by atoms with Gasteiger partial charge in [0.1, 0.15) is 0 Å². The summed E-state index contributed by atoms with van der Waals surface area (Å²) >= 11 is 12.2. The number of fused-ring (bicyclic) bond motifs is 1. The molecular formula is C17H18Cl2NNa. The zero-order valence-electron chi connectivity index (χ0n) is 11.4. The van der Waals surface area contributed by atoms with Gasteiger partial charge in [0, 0.05) is 12.0 Å². The van der Waals surface area contributed by atoms with Crippen LogP contribution in [0.2, 0.25) is 10.0 Å². The van der Waals surface area contributed by atoms with Crippen molar-refractivity contribution < 1.29 is 0 Å². The van der Waals surface area contributed by atoms with Crippen molar-refractivity contribution in [2.75, 3.05) is 7.05 Å². The fraction of sp³-hybridized carbons (Fsp3) is 0.294. The van der Waals surface area contributed by atoms with Crippen LogP contribution >= 0.6 is 23.2 Å². The number of nitrogens with one attached hydrogen (secondary N) is 1. The molecule has 3 rings (SSSR count). The molecule has 0 heterocycles. The third-order valence-corrected chi connectivity index (χ3v) is 4.92. The van der Waals surface area contributed by atoms with Gasteiger partial charge >= 0.3 is 29.6 Å². The van der Waals surface area contributed by atoms with Crippen LogP contribution in [0.5, 0.6) is 0 Å². The molecule has 0 bridgehead atoms. The Hall–Kier alpha value is -0.0200. The van der Waals surface area contributed by atoms with E-state index >= 15 is 0 Å². The number of hydrogen-bond acceptors (Lipinski definition) is 1. The van der Waals surface area contributed by atoms with Gasteiger partial charge in [-0.25, -0.2) is 0 Å². The standard InChI is InChI=1S/C17H17Cl2N.Na.H/c1-20-17-9-7-12(13-4-2-3-5-14(13)17)11-6-8-15(18)16(19)10-11;;/h2-6,8,10,12,17,20H,7,9H2,1H3;;/t12-,17-;;/m0../s1. The molecule has 2 aromatic rings. The van der Waals surface area contributed by atoms with Crippen LogP contribution in [0.15, 0.2) is 42.5 Å². The van der Waals surface area contributed by atoms with Crippen molar-refractivity contribution >= 4 is 52.8 Å². The Balaban J connectivity index is 0.00000161. The van der Waals surface area contributed by atoms with Crippen LogP contribution in [0.4, 0.5) is 0 Å². The summed E-state index contributed by atoms with van der Waals surface area (Å²) in [5.74, 6) is 0.408. The van der Waals surface area contributed by atoms with Gasteiger partial charge in [0.2, 0.25) is 0 Å². The first-order valence-corrected chi connectivity index (χ1v) is 7.67. The first-order valence-electron chi connectivity index (χ1n) is 6.91. The molecule has 1 N–H and O–H groups in total. The quantitative estimate of drug-likeness (QED) is 0.798. The van der Waals surface area contributed by atoms with Crippen molar-refractivity contribution in [1.29, 1.82) is 0 Å². The molecule has 2 atom stereocenters. The SMILES string of the molecule is CN[C@H]1CC[C@@H](c2ccc(Cl)c(Cl)c2)c2ccccc21.[NaH]. The van der Waals surface area contributed by atoms with E-state index in [2.05, 4.69) is 35.6 Å². The summed E-state index contributed by atoms with van der Waals surface area (Å²) in [5.41, 5.74) is 4.05.